The summed E-state index contributed by atoms with van der Waals surface area (Å²) in [6.07, 6.45) is 0. The van der Waals surface area contributed by atoms with Crippen LogP contribution in [0.5, 0.6) is 0 Å². The van der Waals surface area contributed by atoms with Crippen LogP contribution in [0.4, 0.5) is 0 Å². The molecule has 3 rings (SSSR count). The standard InChI is InChI=1S/C21H20O3S2/c1-16-6-2-3-7-19(16)20-8-4-5-9-21(20)25-17-10-12-18(13-11-17)26(23,24)15-14-22/h2-13,22H,14-15H2,1H3. The molecule has 26 heavy (non-hydrogen) atoms. The molecule has 0 amide bonds. The second-order valence-electron chi connectivity index (χ2n) is 5.93. The highest BCUT2D eigenvalue weighted by Gasteiger charge is 2.14. The third-order valence-corrected chi connectivity index (χ3v) is 6.89. The second-order valence-corrected chi connectivity index (χ2v) is 9.15. The zero-order chi connectivity index (χ0) is 18.6. The predicted octanol–water partition coefficient (Wildman–Crippen LogP) is 4.58. The van der Waals surface area contributed by atoms with Crippen LogP contribution in [0.15, 0.2) is 87.5 Å². The van der Waals surface area contributed by atoms with E-state index in [1.165, 1.54) is 11.1 Å². The van der Waals surface area contributed by atoms with Gasteiger partial charge in [-0.15, -0.1) is 0 Å². The normalized spacial score (nSPS) is 11.5. The lowest BCUT2D eigenvalue weighted by Crippen LogP contribution is -2.09. The van der Waals surface area contributed by atoms with Crippen molar-refractivity contribution in [2.24, 2.45) is 0 Å². The fourth-order valence-electron chi connectivity index (χ4n) is 2.73. The van der Waals surface area contributed by atoms with Gasteiger partial charge in [0.05, 0.1) is 17.3 Å². The quantitative estimate of drug-likeness (QED) is 0.676. The van der Waals surface area contributed by atoms with E-state index in [2.05, 4.69) is 31.2 Å². The van der Waals surface area contributed by atoms with Crippen molar-refractivity contribution in [1.82, 2.24) is 0 Å². The Morgan fingerprint density at radius 1 is 0.846 bits per heavy atom. The molecular formula is C21H20O3S2. The van der Waals surface area contributed by atoms with Gasteiger partial charge in [0.25, 0.3) is 0 Å². The molecule has 0 atom stereocenters. The first-order valence-corrected chi connectivity index (χ1v) is 10.7. The topological polar surface area (TPSA) is 54.4 Å². The summed E-state index contributed by atoms with van der Waals surface area (Å²) in [5.74, 6) is -0.254. The van der Waals surface area contributed by atoms with Crippen LogP contribution in [-0.2, 0) is 9.84 Å². The van der Waals surface area contributed by atoms with Crippen LogP contribution in [-0.4, -0.2) is 25.9 Å². The molecule has 0 heterocycles. The molecule has 0 bridgehead atoms. The summed E-state index contributed by atoms with van der Waals surface area (Å²) < 4.78 is 24.0. The van der Waals surface area contributed by atoms with Crippen molar-refractivity contribution in [2.45, 2.75) is 21.6 Å². The Bertz CT molecular complexity index is 994. The molecular weight excluding hydrogens is 364 g/mol. The van der Waals surface area contributed by atoms with Crippen molar-refractivity contribution < 1.29 is 13.5 Å². The first-order valence-electron chi connectivity index (χ1n) is 8.28. The Balaban J connectivity index is 1.90. The Labute approximate surface area is 158 Å². The molecule has 0 aliphatic carbocycles. The molecule has 0 aliphatic heterocycles. The van der Waals surface area contributed by atoms with Crippen LogP contribution in [0, 0.1) is 6.92 Å². The van der Waals surface area contributed by atoms with Crippen LogP contribution in [0.3, 0.4) is 0 Å². The first kappa shape index (κ1) is 18.7. The van der Waals surface area contributed by atoms with Gasteiger partial charge in [-0.2, -0.15) is 0 Å². The highest BCUT2D eigenvalue weighted by molar-refractivity contribution is 7.99. The number of aliphatic hydroxyl groups excluding tert-OH is 1. The summed E-state index contributed by atoms with van der Waals surface area (Å²) in [5.41, 5.74) is 3.57. The van der Waals surface area contributed by atoms with Crippen molar-refractivity contribution in [3.8, 4) is 11.1 Å². The Morgan fingerprint density at radius 3 is 2.12 bits per heavy atom. The van der Waals surface area contributed by atoms with Gasteiger partial charge in [0.1, 0.15) is 0 Å². The lowest BCUT2D eigenvalue weighted by atomic mass is 10.0. The van der Waals surface area contributed by atoms with E-state index >= 15 is 0 Å². The molecule has 0 saturated heterocycles. The van der Waals surface area contributed by atoms with Gasteiger partial charge in [-0.1, -0.05) is 54.2 Å². The van der Waals surface area contributed by atoms with Crippen molar-refractivity contribution in [1.29, 1.82) is 0 Å². The highest BCUT2D eigenvalue weighted by Crippen LogP contribution is 2.37. The minimum atomic E-state index is -3.42. The van der Waals surface area contributed by atoms with Crippen molar-refractivity contribution >= 4 is 21.6 Å². The van der Waals surface area contributed by atoms with E-state index in [4.69, 9.17) is 5.11 Å². The number of benzene rings is 3. The fraction of sp³-hybridized carbons (Fsp3) is 0.143. The van der Waals surface area contributed by atoms with Crippen molar-refractivity contribution in [3.63, 3.8) is 0 Å². The molecule has 0 fully saturated rings. The molecule has 0 radical (unpaired) electrons. The Kier molecular flexibility index (Phi) is 5.81. The van der Waals surface area contributed by atoms with E-state index in [9.17, 15) is 8.42 Å². The SMILES string of the molecule is Cc1ccccc1-c1ccccc1Sc1ccc(S(=O)(=O)CCO)cc1. The minimum absolute atomic E-state index is 0.239. The maximum atomic E-state index is 12.0. The number of sulfone groups is 1. The third kappa shape index (κ3) is 4.18. The molecule has 5 heteroatoms. The Hall–Kier alpha value is -2.08. The highest BCUT2D eigenvalue weighted by atomic mass is 32.2. The molecule has 0 aromatic heterocycles. The van der Waals surface area contributed by atoms with Gasteiger partial charge in [-0.3, -0.25) is 0 Å². The molecule has 1 N–H and O–H groups in total. The molecule has 0 unspecified atom stereocenters. The number of aliphatic hydroxyl groups is 1. The molecule has 0 saturated carbocycles. The van der Waals surface area contributed by atoms with Gasteiger partial charge in [-0.25, -0.2) is 8.42 Å². The average molecular weight is 385 g/mol. The summed E-state index contributed by atoms with van der Waals surface area (Å²) in [7, 11) is -3.42. The van der Waals surface area contributed by atoms with Gasteiger partial charge < -0.3 is 5.11 Å². The Morgan fingerprint density at radius 2 is 1.46 bits per heavy atom. The number of rotatable bonds is 6. The number of hydrogen-bond acceptors (Lipinski definition) is 4. The van der Waals surface area contributed by atoms with Crippen LogP contribution >= 0.6 is 11.8 Å². The molecule has 3 nitrogen and oxygen atoms in total. The van der Waals surface area contributed by atoms with E-state index in [1.54, 1.807) is 23.9 Å². The molecule has 3 aromatic carbocycles. The monoisotopic (exact) mass is 384 g/mol. The van der Waals surface area contributed by atoms with E-state index in [0.717, 1.165) is 15.4 Å². The fourth-order valence-corrected chi connectivity index (χ4v) is 4.72. The van der Waals surface area contributed by atoms with Gasteiger partial charge in [0.2, 0.25) is 0 Å². The van der Waals surface area contributed by atoms with Crippen LogP contribution < -0.4 is 0 Å². The summed E-state index contributed by atoms with van der Waals surface area (Å²) in [6, 6.07) is 23.3. The smallest absolute Gasteiger partial charge is 0.180 e. The number of aryl methyl sites for hydroxylation is 1. The van der Waals surface area contributed by atoms with Gasteiger partial charge in [0.15, 0.2) is 9.84 Å². The van der Waals surface area contributed by atoms with E-state index in [-0.39, 0.29) is 17.3 Å². The molecule has 0 spiro atoms. The van der Waals surface area contributed by atoms with Gasteiger partial charge in [-0.05, 0) is 53.9 Å². The summed E-state index contributed by atoms with van der Waals surface area (Å²) in [4.78, 5) is 2.32. The van der Waals surface area contributed by atoms with Crippen LogP contribution in [0.25, 0.3) is 11.1 Å². The van der Waals surface area contributed by atoms with Gasteiger partial charge >= 0.3 is 0 Å². The summed E-state index contributed by atoms with van der Waals surface area (Å²) >= 11 is 1.61. The maximum absolute atomic E-state index is 12.0. The predicted molar refractivity (Wildman–Crippen MR) is 106 cm³/mol. The van der Waals surface area contributed by atoms with Crippen LogP contribution in [0.1, 0.15) is 5.56 Å². The summed E-state index contributed by atoms with van der Waals surface area (Å²) in [6.45, 7) is 1.72. The van der Waals surface area contributed by atoms with Gasteiger partial charge in [0, 0.05) is 9.79 Å². The van der Waals surface area contributed by atoms with E-state index in [1.807, 2.05) is 36.4 Å². The largest absolute Gasteiger partial charge is 0.395 e. The second kappa shape index (κ2) is 8.08. The molecule has 134 valence electrons. The lowest BCUT2D eigenvalue weighted by Gasteiger charge is -2.12. The minimum Gasteiger partial charge on any atom is -0.395 e. The molecule has 0 aliphatic rings. The molecule has 3 aromatic rings. The van der Waals surface area contributed by atoms with E-state index in [0.29, 0.717) is 0 Å². The van der Waals surface area contributed by atoms with Crippen molar-refractivity contribution in [2.75, 3.05) is 12.4 Å². The third-order valence-electron chi connectivity index (χ3n) is 4.09. The van der Waals surface area contributed by atoms with E-state index < -0.39 is 9.84 Å². The zero-order valence-corrected chi connectivity index (χ0v) is 16.1. The van der Waals surface area contributed by atoms with Crippen LogP contribution in [0.2, 0.25) is 0 Å². The number of hydrogen-bond donors (Lipinski definition) is 1. The van der Waals surface area contributed by atoms with Crippen molar-refractivity contribution in [3.05, 3.63) is 78.4 Å². The maximum Gasteiger partial charge on any atom is 0.180 e. The zero-order valence-electron chi connectivity index (χ0n) is 14.4. The summed E-state index contributed by atoms with van der Waals surface area (Å²) in [5, 5.41) is 8.89. The lowest BCUT2D eigenvalue weighted by molar-refractivity contribution is 0.319. The first-order chi connectivity index (χ1) is 12.5. The average Bonchev–Trinajstić information content (AvgIpc) is 2.63.